The molecule has 2 amide bonds. The second-order valence-electron chi connectivity index (χ2n) is 6.36. The first kappa shape index (κ1) is 20.9. The van der Waals surface area contributed by atoms with Gasteiger partial charge in [-0.2, -0.15) is 0 Å². The quantitative estimate of drug-likeness (QED) is 0.841. The first-order valence-electron chi connectivity index (χ1n) is 8.65. The van der Waals surface area contributed by atoms with E-state index >= 15 is 0 Å². The molecule has 1 saturated heterocycles. The molecule has 1 aliphatic rings. The summed E-state index contributed by atoms with van der Waals surface area (Å²) in [4.78, 5) is 26.7. The van der Waals surface area contributed by atoms with Crippen molar-refractivity contribution in [3.63, 3.8) is 0 Å². The Hall–Kier alpha value is -2.41. The van der Waals surface area contributed by atoms with Crippen molar-refractivity contribution >= 4 is 29.9 Å². The number of morpholine rings is 1. The summed E-state index contributed by atoms with van der Waals surface area (Å²) < 4.78 is 5.27. The van der Waals surface area contributed by atoms with Crippen LogP contribution in [0.3, 0.4) is 0 Å². The molecule has 1 fully saturated rings. The zero-order valence-corrected chi connectivity index (χ0v) is 16.0. The average Bonchev–Trinajstić information content (AvgIpc) is 2.68. The van der Waals surface area contributed by atoms with E-state index < -0.39 is 6.04 Å². The number of ether oxygens (including phenoxy) is 1. The molecule has 2 aromatic carbocycles. The number of nitrogens with two attached hydrogens (primary N) is 1. The molecule has 2 aromatic rings. The molecular formula is C20H24ClN3O3. The third-order valence-corrected chi connectivity index (χ3v) is 4.39. The summed E-state index contributed by atoms with van der Waals surface area (Å²) >= 11 is 0. The van der Waals surface area contributed by atoms with Crippen molar-refractivity contribution in [2.75, 3.05) is 31.6 Å². The van der Waals surface area contributed by atoms with Crippen molar-refractivity contribution < 1.29 is 14.3 Å². The van der Waals surface area contributed by atoms with Crippen LogP contribution in [0.5, 0.6) is 0 Å². The Labute approximate surface area is 165 Å². The lowest BCUT2D eigenvalue weighted by Gasteiger charge is -2.27. The molecule has 144 valence electrons. The number of nitrogens with one attached hydrogen (secondary N) is 1. The van der Waals surface area contributed by atoms with Crippen LogP contribution in [0.2, 0.25) is 0 Å². The van der Waals surface area contributed by atoms with Gasteiger partial charge in [0.2, 0.25) is 5.91 Å². The fraction of sp³-hybridized carbons (Fsp3) is 0.300. The number of carbonyl (C=O) groups excluding carboxylic acids is 2. The van der Waals surface area contributed by atoms with Gasteiger partial charge in [0.1, 0.15) is 6.04 Å². The number of anilines is 1. The Morgan fingerprint density at radius 1 is 1.11 bits per heavy atom. The zero-order chi connectivity index (χ0) is 18.5. The van der Waals surface area contributed by atoms with E-state index in [9.17, 15) is 9.59 Å². The van der Waals surface area contributed by atoms with Crippen molar-refractivity contribution in [3.05, 3.63) is 65.2 Å². The minimum absolute atomic E-state index is 0. The molecule has 0 bridgehead atoms. The fourth-order valence-corrected chi connectivity index (χ4v) is 2.82. The third kappa shape index (κ3) is 5.29. The van der Waals surface area contributed by atoms with Crippen molar-refractivity contribution in [2.45, 2.75) is 13.0 Å². The molecule has 27 heavy (non-hydrogen) atoms. The predicted octanol–water partition coefficient (Wildman–Crippen LogP) is 2.53. The predicted molar refractivity (Wildman–Crippen MR) is 107 cm³/mol. The number of hydrogen-bond donors (Lipinski definition) is 2. The average molecular weight is 390 g/mol. The SMILES string of the molecule is Cc1ccc(C(N)C(=O)Nc2cccc(C(=O)N3CCOCC3)c2)cc1.Cl. The Kier molecular flexibility index (Phi) is 7.36. The Bertz CT molecular complexity index is 789. The van der Waals surface area contributed by atoms with Crippen molar-refractivity contribution in [3.8, 4) is 0 Å². The van der Waals surface area contributed by atoms with E-state index in [0.717, 1.165) is 11.1 Å². The van der Waals surface area contributed by atoms with Gasteiger partial charge in [-0.15, -0.1) is 12.4 Å². The van der Waals surface area contributed by atoms with Gasteiger partial charge in [0.15, 0.2) is 0 Å². The van der Waals surface area contributed by atoms with Gasteiger partial charge in [-0.25, -0.2) is 0 Å². The van der Waals surface area contributed by atoms with Gasteiger partial charge in [-0.1, -0.05) is 35.9 Å². The molecule has 0 radical (unpaired) electrons. The molecule has 1 aliphatic heterocycles. The number of aryl methyl sites for hydroxylation is 1. The summed E-state index contributed by atoms with van der Waals surface area (Å²) in [5, 5.41) is 2.79. The maximum atomic E-state index is 12.6. The van der Waals surface area contributed by atoms with Gasteiger partial charge in [-0.05, 0) is 30.7 Å². The van der Waals surface area contributed by atoms with E-state index in [1.54, 1.807) is 29.2 Å². The molecule has 1 heterocycles. The lowest BCUT2D eigenvalue weighted by atomic mass is 10.1. The second kappa shape index (κ2) is 9.50. The molecule has 0 spiro atoms. The largest absolute Gasteiger partial charge is 0.378 e. The molecule has 1 atom stereocenters. The monoisotopic (exact) mass is 389 g/mol. The number of halogens is 1. The Morgan fingerprint density at radius 3 is 2.44 bits per heavy atom. The van der Waals surface area contributed by atoms with Gasteiger partial charge in [0, 0.05) is 24.3 Å². The molecule has 7 heteroatoms. The highest BCUT2D eigenvalue weighted by molar-refractivity contribution is 5.98. The summed E-state index contributed by atoms with van der Waals surface area (Å²) in [6.07, 6.45) is 0. The summed E-state index contributed by atoms with van der Waals surface area (Å²) in [7, 11) is 0. The minimum Gasteiger partial charge on any atom is -0.378 e. The van der Waals surface area contributed by atoms with Gasteiger partial charge in [-0.3, -0.25) is 9.59 Å². The van der Waals surface area contributed by atoms with Crippen molar-refractivity contribution in [1.82, 2.24) is 4.90 Å². The summed E-state index contributed by atoms with van der Waals surface area (Å²) in [6, 6.07) is 13.7. The van der Waals surface area contributed by atoms with Crippen LogP contribution in [-0.4, -0.2) is 43.0 Å². The van der Waals surface area contributed by atoms with Crippen molar-refractivity contribution in [2.24, 2.45) is 5.73 Å². The maximum absolute atomic E-state index is 12.6. The summed E-state index contributed by atoms with van der Waals surface area (Å²) in [5.74, 6) is -0.378. The van der Waals surface area contributed by atoms with Crippen molar-refractivity contribution in [1.29, 1.82) is 0 Å². The van der Waals surface area contributed by atoms with Crippen LogP contribution in [0, 0.1) is 6.92 Å². The van der Waals surface area contributed by atoms with Gasteiger partial charge in [0.25, 0.3) is 5.91 Å². The number of hydrogen-bond acceptors (Lipinski definition) is 4. The number of benzene rings is 2. The molecule has 6 nitrogen and oxygen atoms in total. The van der Waals surface area contributed by atoms with Gasteiger partial charge < -0.3 is 20.7 Å². The fourth-order valence-electron chi connectivity index (χ4n) is 2.82. The van der Waals surface area contributed by atoms with E-state index in [-0.39, 0.29) is 24.2 Å². The molecule has 0 aliphatic carbocycles. The first-order chi connectivity index (χ1) is 12.5. The Morgan fingerprint density at radius 2 is 1.78 bits per heavy atom. The van der Waals surface area contributed by atoms with E-state index in [2.05, 4.69) is 5.32 Å². The maximum Gasteiger partial charge on any atom is 0.254 e. The number of rotatable bonds is 4. The van der Waals surface area contributed by atoms with Crippen LogP contribution in [-0.2, 0) is 9.53 Å². The second-order valence-corrected chi connectivity index (χ2v) is 6.36. The number of nitrogens with zero attached hydrogens (tertiary/aromatic N) is 1. The molecule has 0 aromatic heterocycles. The topological polar surface area (TPSA) is 84.7 Å². The third-order valence-electron chi connectivity index (χ3n) is 4.39. The molecule has 0 saturated carbocycles. The zero-order valence-electron chi connectivity index (χ0n) is 15.2. The van der Waals surface area contributed by atoms with Gasteiger partial charge in [0.05, 0.1) is 13.2 Å². The minimum atomic E-state index is -0.769. The highest BCUT2D eigenvalue weighted by Crippen LogP contribution is 2.17. The normalized spacial score (nSPS) is 14.8. The van der Waals surface area contributed by atoms with Crippen LogP contribution in [0.15, 0.2) is 48.5 Å². The highest BCUT2D eigenvalue weighted by Gasteiger charge is 2.20. The molecular weight excluding hydrogens is 366 g/mol. The smallest absolute Gasteiger partial charge is 0.254 e. The lowest BCUT2D eigenvalue weighted by molar-refractivity contribution is -0.117. The van der Waals surface area contributed by atoms with Crippen LogP contribution < -0.4 is 11.1 Å². The molecule has 3 rings (SSSR count). The summed E-state index contributed by atoms with van der Waals surface area (Å²) in [5.41, 5.74) is 8.99. The summed E-state index contributed by atoms with van der Waals surface area (Å²) in [6.45, 7) is 4.23. The highest BCUT2D eigenvalue weighted by atomic mass is 35.5. The standard InChI is InChI=1S/C20H23N3O3.ClH/c1-14-5-7-15(8-6-14)18(21)19(24)22-17-4-2-3-16(13-17)20(25)23-9-11-26-12-10-23;/h2-8,13,18H,9-12,21H2,1H3,(H,22,24);1H. The van der Waals surface area contributed by atoms with E-state index in [0.29, 0.717) is 37.6 Å². The van der Waals surface area contributed by atoms with E-state index in [4.69, 9.17) is 10.5 Å². The molecule has 3 N–H and O–H groups in total. The molecule has 1 unspecified atom stereocenters. The van der Waals surface area contributed by atoms with Crippen LogP contribution in [0.4, 0.5) is 5.69 Å². The first-order valence-corrected chi connectivity index (χ1v) is 8.65. The number of amides is 2. The van der Waals surface area contributed by atoms with Crippen LogP contribution in [0.25, 0.3) is 0 Å². The van der Waals surface area contributed by atoms with Gasteiger partial charge >= 0.3 is 0 Å². The van der Waals surface area contributed by atoms with E-state index in [1.807, 2.05) is 31.2 Å². The van der Waals surface area contributed by atoms with Crippen LogP contribution >= 0.6 is 12.4 Å². The lowest BCUT2D eigenvalue weighted by Crippen LogP contribution is -2.40. The van der Waals surface area contributed by atoms with E-state index in [1.165, 1.54) is 0 Å². The number of carbonyl (C=O) groups is 2. The Balaban J connectivity index is 0.00000261. The van der Waals surface area contributed by atoms with Crippen LogP contribution in [0.1, 0.15) is 27.5 Å².